The molecule has 0 aliphatic carbocycles. The molecule has 0 fully saturated rings. The van der Waals surface area contributed by atoms with Crippen LogP contribution in [0, 0.1) is 0 Å². The number of nitrogens with one attached hydrogen (secondary N) is 1. The van der Waals surface area contributed by atoms with Crippen LogP contribution in [0.5, 0.6) is 0 Å². The second-order valence-electron chi connectivity index (χ2n) is 10.7. The van der Waals surface area contributed by atoms with Crippen LogP contribution in [-0.2, 0) is 12.0 Å². The third-order valence-electron chi connectivity index (χ3n) is 7.56. The van der Waals surface area contributed by atoms with E-state index in [0.29, 0.717) is 0 Å². The predicted molar refractivity (Wildman–Crippen MR) is 148 cm³/mol. The second kappa shape index (κ2) is 15.3. The highest BCUT2D eigenvalue weighted by Crippen LogP contribution is 2.39. The summed E-state index contributed by atoms with van der Waals surface area (Å²) in [4.78, 5) is 20.5. The van der Waals surface area contributed by atoms with Crippen molar-refractivity contribution in [2.45, 2.75) is 149 Å². The molecule has 3 N–H and O–H groups in total. The summed E-state index contributed by atoms with van der Waals surface area (Å²) in [6, 6.07) is 0. The smallest absolute Gasteiger partial charge is 0.262 e. The van der Waals surface area contributed by atoms with Crippen molar-refractivity contribution < 1.29 is 0 Å². The van der Waals surface area contributed by atoms with Crippen molar-refractivity contribution in [1.82, 2.24) is 14.5 Å². The first kappa shape index (κ1) is 28.5. The molecule has 0 aliphatic rings. The van der Waals surface area contributed by atoms with Gasteiger partial charge in [0.15, 0.2) is 0 Å². The van der Waals surface area contributed by atoms with E-state index in [0.717, 1.165) is 36.8 Å². The van der Waals surface area contributed by atoms with Gasteiger partial charge >= 0.3 is 0 Å². The third kappa shape index (κ3) is 8.46. The van der Waals surface area contributed by atoms with Gasteiger partial charge in [-0.05, 0) is 30.2 Å². The third-order valence-corrected chi connectivity index (χ3v) is 7.56. The maximum atomic E-state index is 13.1. The molecule has 0 spiro atoms. The van der Waals surface area contributed by atoms with E-state index in [9.17, 15) is 4.79 Å². The number of nitrogen functional groups attached to an aromatic ring is 1. The SMILES string of the molecule is CCCCCCCn1cc(C(C)(CCCCCCC)CCCCCCC)c2c(=O)[nH]c(N)nc21. The average Bonchev–Trinajstić information content (AvgIpc) is 3.18. The molecule has 2 heterocycles. The minimum atomic E-state index is -0.0783. The molecule has 0 unspecified atom stereocenters. The minimum absolute atomic E-state index is 0.00502. The first-order valence-electron chi connectivity index (χ1n) is 14.4. The summed E-state index contributed by atoms with van der Waals surface area (Å²) in [6.45, 7) is 10.1. The zero-order valence-electron chi connectivity index (χ0n) is 22.7. The summed E-state index contributed by atoms with van der Waals surface area (Å²) in [5.41, 5.74) is 7.86. The van der Waals surface area contributed by atoms with Gasteiger partial charge in [-0.15, -0.1) is 0 Å². The van der Waals surface area contributed by atoms with Gasteiger partial charge in [-0.25, -0.2) is 0 Å². The van der Waals surface area contributed by atoms with E-state index in [2.05, 4.69) is 48.4 Å². The minimum Gasteiger partial charge on any atom is -0.369 e. The van der Waals surface area contributed by atoms with Crippen molar-refractivity contribution >= 4 is 17.0 Å². The van der Waals surface area contributed by atoms with E-state index >= 15 is 0 Å². The predicted octanol–water partition coefficient (Wildman–Crippen LogP) is 8.26. The van der Waals surface area contributed by atoms with Gasteiger partial charge in [0.25, 0.3) is 5.56 Å². The molecule has 0 bridgehead atoms. The normalized spacial score (nSPS) is 12.1. The van der Waals surface area contributed by atoms with Gasteiger partial charge in [-0.3, -0.25) is 9.78 Å². The van der Waals surface area contributed by atoms with Gasteiger partial charge in [0.2, 0.25) is 5.95 Å². The highest BCUT2D eigenvalue weighted by molar-refractivity contribution is 5.81. The van der Waals surface area contributed by atoms with Crippen molar-refractivity contribution in [3.05, 3.63) is 22.1 Å². The van der Waals surface area contributed by atoms with Gasteiger partial charge < -0.3 is 10.3 Å². The topological polar surface area (TPSA) is 76.7 Å². The monoisotopic (exact) mass is 472 g/mol. The molecule has 2 aromatic heterocycles. The molecule has 0 radical (unpaired) electrons. The molecule has 0 saturated carbocycles. The molecule has 2 rings (SSSR count). The Labute approximate surface area is 208 Å². The van der Waals surface area contributed by atoms with Crippen LogP contribution >= 0.6 is 0 Å². The molecule has 0 aromatic carbocycles. The number of H-pyrrole nitrogens is 1. The lowest BCUT2D eigenvalue weighted by Crippen LogP contribution is -2.24. The van der Waals surface area contributed by atoms with Gasteiger partial charge in [0.05, 0.1) is 5.39 Å². The zero-order chi connectivity index (χ0) is 24.8. The van der Waals surface area contributed by atoms with Crippen LogP contribution in [0.15, 0.2) is 11.0 Å². The Bertz CT molecular complexity index is 868. The van der Waals surface area contributed by atoms with Crippen molar-refractivity contribution in [2.24, 2.45) is 0 Å². The molecular weight excluding hydrogens is 420 g/mol. The number of nitrogens with zero attached hydrogens (tertiary/aromatic N) is 2. The van der Waals surface area contributed by atoms with Crippen LogP contribution in [0.2, 0.25) is 0 Å². The van der Waals surface area contributed by atoms with Gasteiger partial charge in [0, 0.05) is 12.7 Å². The first-order chi connectivity index (χ1) is 16.5. The van der Waals surface area contributed by atoms with Crippen LogP contribution in [0.4, 0.5) is 5.95 Å². The summed E-state index contributed by atoms with van der Waals surface area (Å²) in [5.74, 6) is 0.218. The number of aromatic nitrogens is 3. The Hall–Kier alpha value is -1.78. The number of hydrogen-bond donors (Lipinski definition) is 2. The number of aryl methyl sites for hydroxylation is 1. The van der Waals surface area contributed by atoms with Gasteiger partial charge in [-0.2, -0.15) is 4.98 Å². The lowest BCUT2D eigenvalue weighted by atomic mass is 9.74. The molecule has 34 heavy (non-hydrogen) atoms. The molecule has 2 aromatic rings. The van der Waals surface area contributed by atoms with Crippen molar-refractivity contribution in [2.75, 3.05) is 5.73 Å². The fourth-order valence-electron chi connectivity index (χ4n) is 5.36. The standard InChI is InChI=1S/C29H52N4O/c1-5-8-11-14-17-20-29(4,21-18-15-12-9-6-2)24-23-33(22-19-16-13-10-7-3)26-25(24)27(34)32-28(30)31-26/h23H,5-22H2,1-4H3,(H3,30,31,32,34). The van der Waals surface area contributed by atoms with E-state index in [1.54, 1.807) is 0 Å². The number of anilines is 1. The second-order valence-corrected chi connectivity index (χ2v) is 10.7. The molecule has 0 amide bonds. The highest BCUT2D eigenvalue weighted by Gasteiger charge is 2.31. The van der Waals surface area contributed by atoms with Crippen molar-refractivity contribution in [3.63, 3.8) is 0 Å². The molecule has 194 valence electrons. The number of nitrogens with two attached hydrogens (primary N) is 1. The van der Waals surface area contributed by atoms with Gasteiger partial charge in [-0.1, -0.05) is 118 Å². The first-order valence-corrected chi connectivity index (χ1v) is 14.4. The van der Waals surface area contributed by atoms with Crippen molar-refractivity contribution in [3.8, 4) is 0 Å². The summed E-state index contributed by atoms with van der Waals surface area (Å²) in [6.07, 6.45) is 23.4. The van der Waals surface area contributed by atoms with Crippen LogP contribution in [0.3, 0.4) is 0 Å². The van der Waals surface area contributed by atoms with E-state index in [1.165, 1.54) is 95.5 Å². The largest absolute Gasteiger partial charge is 0.369 e. The Kier molecular flexibility index (Phi) is 12.8. The summed E-state index contributed by atoms with van der Waals surface area (Å²) in [7, 11) is 0. The molecular formula is C29H52N4O. The summed E-state index contributed by atoms with van der Waals surface area (Å²) in [5, 5.41) is 0.771. The maximum absolute atomic E-state index is 13.1. The van der Waals surface area contributed by atoms with E-state index in [-0.39, 0.29) is 16.9 Å². The lowest BCUT2D eigenvalue weighted by molar-refractivity contribution is 0.364. The average molecular weight is 473 g/mol. The van der Waals surface area contributed by atoms with Crippen molar-refractivity contribution in [1.29, 1.82) is 0 Å². The number of aromatic amines is 1. The number of rotatable bonds is 19. The quantitative estimate of drug-likeness (QED) is 0.202. The van der Waals surface area contributed by atoms with Crippen LogP contribution in [0.1, 0.15) is 142 Å². The highest BCUT2D eigenvalue weighted by atomic mass is 16.1. The molecule has 0 saturated heterocycles. The fourth-order valence-corrected chi connectivity index (χ4v) is 5.36. The van der Waals surface area contributed by atoms with Gasteiger partial charge in [0.1, 0.15) is 5.65 Å². The Morgan fingerprint density at radius 2 is 1.32 bits per heavy atom. The zero-order valence-corrected chi connectivity index (χ0v) is 22.7. The van der Waals surface area contributed by atoms with E-state index < -0.39 is 0 Å². The summed E-state index contributed by atoms with van der Waals surface area (Å²) >= 11 is 0. The van der Waals surface area contributed by atoms with E-state index in [1.807, 2.05) is 0 Å². The molecule has 5 heteroatoms. The molecule has 0 atom stereocenters. The number of hydrogen-bond acceptors (Lipinski definition) is 3. The van der Waals surface area contributed by atoms with Crippen LogP contribution in [0.25, 0.3) is 11.0 Å². The number of fused-ring (bicyclic) bond motifs is 1. The van der Waals surface area contributed by atoms with Crippen LogP contribution < -0.4 is 11.3 Å². The Morgan fingerprint density at radius 3 is 1.85 bits per heavy atom. The Balaban J connectivity index is 2.32. The molecule has 0 aliphatic heterocycles. The summed E-state index contributed by atoms with van der Waals surface area (Å²) < 4.78 is 2.22. The maximum Gasteiger partial charge on any atom is 0.262 e. The molecule has 5 nitrogen and oxygen atoms in total. The van der Waals surface area contributed by atoms with Crippen LogP contribution in [-0.4, -0.2) is 14.5 Å². The van der Waals surface area contributed by atoms with E-state index in [4.69, 9.17) is 5.73 Å². The Morgan fingerprint density at radius 1 is 0.824 bits per heavy atom. The fraction of sp³-hybridized carbons (Fsp3) is 0.793. The number of unbranched alkanes of at least 4 members (excludes halogenated alkanes) is 12. The lowest BCUT2D eigenvalue weighted by Gasteiger charge is -2.30.